The van der Waals surface area contributed by atoms with Crippen molar-refractivity contribution in [2.24, 2.45) is 11.8 Å². The standard InChI is InChI=1S/C23H37NO3/c1-5-6-9-27-22-12-17-7-8-24-14-18(10-16(2)3)21(26)13-23(24,4)20(17)11-19(22)15-25/h11-12,16,18,21,25-26H,5-10,13-15H2,1-4H3/t18-,21-,23-/m1/s1/i5D2,6D2,9D2. The van der Waals surface area contributed by atoms with E-state index in [0.29, 0.717) is 24.3 Å². The highest BCUT2D eigenvalue weighted by molar-refractivity contribution is 5.47. The largest absolute Gasteiger partial charge is 0.493 e. The van der Waals surface area contributed by atoms with Crippen LogP contribution in [-0.4, -0.2) is 40.9 Å². The molecule has 1 fully saturated rings. The first kappa shape index (κ1) is 14.0. The van der Waals surface area contributed by atoms with Gasteiger partial charge in [0.1, 0.15) is 5.75 Å². The van der Waals surface area contributed by atoms with Gasteiger partial charge in [-0.15, -0.1) is 0 Å². The number of rotatable bonds is 7. The van der Waals surface area contributed by atoms with Crippen molar-refractivity contribution in [2.45, 2.75) is 78.0 Å². The highest BCUT2D eigenvalue weighted by Crippen LogP contribution is 2.46. The minimum Gasteiger partial charge on any atom is -0.493 e. The summed E-state index contributed by atoms with van der Waals surface area (Å²) in [5.74, 6) is 0.718. The summed E-state index contributed by atoms with van der Waals surface area (Å²) in [5, 5.41) is 20.9. The molecule has 3 atom stereocenters. The van der Waals surface area contributed by atoms with Crippen molar-refractivity contribution in [3.63, 3.8) is 0 Å². The van der Waals surface area contributed by atoms with Gasteiger partial charge in [-0.1, -0.05) is 27.1 Å². The predicted octanol–water partition coefficient (Wildman–Crippen LogP) is 3.86. The summed E-state index contributed by atoms with van der Waals surface area (Å²) in [6.07, 6.45) is -3.66. The molecule has 0 aliphatic carbocycles. The normalized spacial score (nSPS) is 33.0. The number of nitrogens with zero attached hydrogens (tertiary/aromatic N) is 1. The minimum atomic E-state index is -2.96. The Morgan fingerprint density at radius 3 is 2.85 bits per heavy atom. The molecule has 0 saturated carbocycles. The van der Waals surface area contributed by atoms with Crippen molar-refractivity contribution in [1.29, 1.82) is 0 Å². The molecule has 2 aliphatic rings. The number of aliphatic hydroxyl groups is 2. The Kier molecular flexibility index (Phi) is 4.40. The molecule has 152 valence electrons. The van der Waals surface area contributed by atoms with Gasteiger partial charge < -0.3 is 14.9 Å². The van der Waals surface area contributed by atoms with E-state index in [1.165, 1.54) is 0 Å². The zero-order valence-corrected chi connectivity index (χ0v) is 16.9. The average Bonchev–Trinajstić information content (AvgIpc) is 2.67. The first-order valence-corrected chi connectivity index (χ1v) is 9.93. The van der Waals surface area contributed by atoms with Crippen LogP contribution < -0.4 is 4.74 Å². The van der Waals surface area contributed by atoms with E-state index in [1.807, 2.05) is 0 Å². The van der Waals surface area contributed by atoms with Gasteiger partial charge in [0.2, 0.25) is 0 Å². The Morgan fingerprint density at radius 2 is 2.19 bits per heavy atom. The maximum Gasteiger partial charge on any atom is 0.125 e. The number of fused-ring (bicyclic) bond motifs is 3. The maximum absolute atomic E-state index is 10.9. The zero-order chi connectivity index (χ0) is 25.0. The Labute approximate surface area is 173 Å². The fraction of sp³-hybridized carbons (Fsp3) is 0.739. The quantitative estimate of drug-likeness (QED) is 0.753. The molecule has 2 aliphatic heterocycles. The molecule has 3 rings (SSSR count). The second-order valence-corrected chi connectivity index (χ2v) is 8.49. The van der Waals surface area contributed by atoms with Crippen LogP contribution in [0.15, 0.2) is 12.1 Å². The van der Waals surface area contributed by atoms with Crippen LogP contribution in [-0.2, 0) is 18.6 Å². The first-order valence-electron chi connectivity index (χ1n) is 12.9. The van der Waals surface area contributed by atoms with Gasteiger partial charge in [-0.05, 0) is 67.7 Å². The van der Waals surface area contributed by atoms with Crippen LogP contribution in [0, 0.1) is 11.8 Å². The molecule has 27 heavy (non-hydrogen) atoms. The molecule has 1 saturated heterocycles. The van der Waals surface area contributed by atoms with Crippen LogP contribution in [0.5, 0.6) is 5.75 Å². The molecule has 2 heterocycles. The fourth-order valence-electron chi connectivity index (χ4n) is 4.75. The number of hydrogen-bond donors (Lipinski definition) is 2. The maximum atomic E-state index is 10.9. The van der Waals surface area contributed by atoms with Gasteiger partial charge in [-0.3, -0.25) is 4.90 Å². The molecule has 0 aromatic heterocycles. The smallest absolute Gasteiger partial charge is 0.125 e. The lowest BCUT2D eigenvalue weighted by Gasteiger charge is -2.53. The van der Waals surface area contributed by atoms with E-state index < -0.39 is 37.6 Å². The number of ether oxygens (including phenoxy) is 1. The number of aliphatic hydroxyl groups excluding tert-OH is 2. The van der Waals surface area contributed by atoms with E-state index >= 15 is 0 Å². The van der Waals surface area contributed by atoms with E-state index in [4.69, 9.17) is 13.0 Å². The lowest BCUT2D eigenvalue weighted by Crippen LogP contribution is -2.58. The third kappa shape index (κ3) is 4.18. The lowest BCUT2D eigenvalue weighted by atomic mass is 9.71. The summed E-state index contributed by atoms with van der Waals surface area (Å²) < 4.78 is 53.1. The van der Waals surface area contributed by atoms with Gasteiger partial charge in [-0.2, -0.15) is 0 Å². The predicted molar refractivity (Wildman–Crippen MR) is 109 cm³/mol. The highest BCUT2D eigenvalue weighted by Gasteiger charge is 2.46. The van der Waals surface area contributed by atoms with Crippen LogP contribution >= 0.6 is 0 Å². The fourth-order valence-corrected chi connectivity index (χ4v) is 4.75. The Hall–Kier alpha value is -1.10. The highest BCUT2D eigenvalue weighted by atomic mass is 16.5. The molecule has 0 amide bonds. The molecule has 0 spiro atoms. The molecule has 4 nitrogen and oxygen atoms in total. The van der Waals surface area contributed by atoms with Crippen LogP contribution in [0.2, 0.25) is 0 Å². The van der Waals surface area contributed by atoms with Crippen LogP contribution in [0.3, 0.4) is 0 Å². The van der Waals surface area contributed by atoms with Crippen molar-refractivity contribution in [3.8, 4) is 5.75 Å². The topological polar surface area (TPSA) is 52.9 Å². The summed E-state index contributed by atoms with van der Waals surface area (Å²) in [5.41, 5.74) is 1.75. The molecular formula is C23H37NO3. The summed E-state index contributed by atoms with van der Waals surface area (Å²) in [4.78, 5) is 2.39. The molecule has 0 bridgehead atoms. The molecule has 1 aromatic carbocycles. The van der Waals surface area contributed by atoms with E-state index in [1.54, 1.807) is 12.1 Å². The Morgan fingerprint density at radius 1 is 1.41 bits per heavy atom. The van der Waals surface area contributed by atoms with E-state index in [2.05, 4.69) is 25.7 Å². The number of benzene rings is 1. The molecule has 4 heteroatoms. The Bertz CT molecular complexity index is 872. The van der Waals surface area contributed by atoms with Crippen molar-refractivity contribution in [1.82, 2.24) is 4.90 Å². The van der Waals surface area contributed by atoms with Crippen molar-refractivity contribution < 1.29 is 23.2 Å². The summed E-state index contributed by atoms with van der Waals surface area (Å²) in [7, 11) is 0. The van der Waals surface area contributed by atoms with Crippen molar-refractivity contribution in [3.05, 3.63) is 28.8 Å². The molecule has 0 unspecified atom stereocenters. The summed E-state index contributed by atoms with van der Waals surface area (Å²) in [6, 6.07) is 3.42. The van der Waals surface area contributed by atoms with Gasteiger partial charge in [0.05, 0.1) is 22.0 Å². The van der Waals surface area contributed by atoms with Crippen LogP contribution in [0.1, 0.15) is 78.2 Å². The van der Waals surface area contributed by atoms with Crippen molar-refractivity contribution in [2.75, 3.05) is 19.6 Å². The molecular weight excluding hydrogens is 338 g/mol. The van der Waals surface area contributed by atoms with E-state index in [0.717, 1.165) is 37.6 Å². The van der Waals surface area contributed by atoms with Gasteiger partial charge in [0.15, 0.2) is 0 Å². The zero-order valence-electron chi connectivity index (χ0n) is 22.9. The van der Waals surface area contributed by atoms with Gasteiger partial charge in [0.25, 0.3) is 0 Å². The second-order valence-electron chi connectivity index (χ2n) is 8.49. The molecule has 1 aromatic rings. The monoisotopic (exact) mass is 381 g/mol. The minimum absolute atomic E-state index is 0.0143. The lowest BCUT2D eigenvalue weighted by molar-refractivity contribution is -0.0647. The van der Waals surface area contributed by atoms with Crippen LogP contribution in [0.4, 0.5) is 0 Å². The molecule has 0 radical (unpaired) electrons. The average molecular weight is 382 g/mol. The van der Waals surface area contributed by atoms with Crippen molar-refractivity contribution >= 4 is 0 Å². The van der Waals surface area contributed by atoms with Gasteiger partial charge >= 0.3 is 0 Å². The van der Waals surface area contributed by atoms with Gasteiger partial charge in [0, 0.05) is 29.7 Å². The van der Waals surface area contributed by atoms with Crippen LogP contribution in [0.25, 0.3) is 0 Å². The first-order chi connectivity index (χ1) is 15.0. The third-order valence-electron chi connectivity index (χ3n) is 6.10. The number of hydrogen-bond acceptors (Lipinski definition) is 4. The van der Waals surface area contributed by atoms with E-state index in [9.17, 15) is 10.2 Å². The SMILES string of the molecule is [2H]C([2H])(C)C([2H])([2H])C([2H])([2H])Oc1cc2c(cc1CO)[C@@]1(C)C[C@@H](O)[C@H](CC(C)C)CN1CC2. The third-order valence-corrected chi connectivity index (χ3v) is 6.10. The number of piperidine rings is 1. The van der Waals surface area contributed by atoms with Gasteiger partial charge in [-0.25, -0.2) is 0 Å². The molecule has 2 N–H and O–H groups in total. The Balaban J connectivity index is 1.96. The summed E-state index contributed by atoms with van der Waals surface area (Å²) in [6.45, 7) is 5.55. The van der Waals surface area contributed by atoms with E-state index in [-0.39, 0.29) is 11.7 Å². The second kappa shape index (κ2) is 8.50. The summed E-state index contributed by atoms with van der Waals surface area (Å²) >= 11 is 0.